The van der Waals surface area contributed by atoms with E-state index in [9.17, 15) is 4.79 Å². The Morgan fingerprint density at radius 3 is 2.35 bits per heavy atom. The van der Waals surface area contributed by atoms with E-state index in [-0.39, 0.29) is 12.1 Å². The molecule has 0 aliphatic heterocycles. The van der Waals surface area contributed by atoms with E-state index in [2.05, 4.69) is 10.6 Å². The fraction of sp³-hybridized carbons (Fsp3) is 0.364. The zero-order chi connectivity index (χ0) is 12.4. The first-order valence-electron chi connectivity index (χ1n) is 5.28. The van der Waals surface area contributed by atoms with Crippen molar-refractivity contribution in [2.75, 3.05) is 5.32 Å². The van der Waals surface area contributed by atoms with Gasteiger partial charge in [0.1, 0.15) is 0 Å². The molecule has 1 aliphatic rings. The number of amides is 2. The molecule has 0 radical (unpaired) electrons. The van der Waals surface area contributed by atoms with Crippen molar-refractivity contribution in [2.24, 2.45) is 0 Å². The predicted octanol–water partition coefficient (Wildman–Crippen LogP) is 4.32. The number of hydrogen-bond donors (Lipinski definition) is 2. The Bertz CT molecular complexity index is 447. The molecule has 0 saturated heterocycles. The van der Waals surface area contributed by atoms with Crippen LogP contribution in [0.4, 0.5) is 10.5 Å². The first kappa shape index (κ1) is 12.8. The summed E-state index contributed by atoms with van der Waals surface area (Å²) < 4.78 is 0. The molecular weight excluding hydrogens is 282 g/mol. The average Bonchev–Trinajstić information content (AvgIpc) is 2.20. The lowest BCUT2D eigenvalue weighted by Crippen LogP contribution is -2.41. The second-order valence-electron chi connectivity index (χ2n) is 3.97. The van der Waals surface area contributed by atoms with Crippen molar-refractivity contribution < 1.29 is 4.79 Å². The van der Waals surface area contributed by atoms with E-state index in [1.54, 1.807) is 0 Å². The number of carbonyl (C=O) groups excluding carboxylic acids is 1. The smallest absolute Gasteiger partial charge is 0.319 e. The Kier molecular flexibility index (Phi) is 4.02. The van der Waals surface area contributed by atoms with E-state index < -0.39 is 0 Å². The van der Waals surface area contributed by atoms with E-state index in [1.807, 2.05) is 0 Å². The number of rotatable bonds is 2. The number of nitrogens with one attached hydrogen (secondary N) is 2. The highest BCUT2D eigenvalue weighted by molar-refractivity contribution is 6.44. The molecule has 0 aromatic heterocycles. The summed E-state index contributed by atoms with van der Waals surface area (Å²) in [6.07, 6.45) is 3.23. The van der Waals surface area contributed by atoms with Crippen LogP contribution in [0.25, 0.3) is 0 Å². The Hall–Kier alpha value is -0.640. The number of hydrogen-bond acceptors (Lipinski definition) is 1. The number of benzene rings is 1. The highest BCUT2D eigenvalue weighted by Crippen LogP contribution is 2.32. The highest BCUT2D eigenvalue weighted by Gasteiger charge is 2.19. The van der Waals surface area contributed by atoms with Gasteiger partial charge >= 0.3 is 6.03 Å². The molecule has 0 bridgehead atoms. The van der Waals surface area contributed by atoms with Gasteiger partial charge in [0.15, 0.2) is 0 Å². The zero-order valence-electron chi connectivity index (χ0n) is 8.90. The largest absolute Gasteiger partial charge is 0.335 e. The van der Waals surface area contributed by atoms with Crippen molar-refractivity contribution in [1.82, 2.24) is 5.32 Å². The maximum atomic E-state index is 11.6. The van der Waals surface area contributed by atoms with Gasteiger partial charge in [-0.1, -0.05) is 34.8 Å². The molecule has 0 atom stereocenters. The molecule has 0 unspecified atom stereocenters. The van der Waals surface area contributed by atoms with E-state index in [0.717, 1.165) is 12.8 Å². The summed E-state index contributed by atoms with van der Waals surface area (Å²) >= 11 is 17.6. The van der Waals surface area contributed by atoms with Crippen molar-refractivity contribution in [3.05, 3.63) is 27.2 Å². The summed E-state index contributed by atoms with van der Waals surface area (Å²) in [5.41, 5.74) is 0.456. The lowest BCUT2D eigenvalue weighted by atomic mass is 9.93. The fourth-order valence-electron chi connectivity index (χ4n) is 1.51. The minimum Gasteiger partial charge on any atom is -0.335 e. The van der Waals surface area contributed by atoms with Crippen LogP contribution in [0.15, 0.2) is 12.1 Å². The molecule has 92 valence electrons. The standard InChI is InChI=1S/C11H11Cl3N2O/c12-7-4-9(14)10(5-8(7)13)16-11(17)15-6-2-1-3-6/h4-6H,1-3H2,(H2,15,16,17). The van der Waals surface area contributed by atoms with Crippen LogP contribution in [0.2, 0.25) is 15.1 Å². The molecule has 1 aliphatic carbocycles. The Labute approximate surface area is 114 Å². The van der Waals surface area contributed by atoms with Crippen LogP contribution in [-0.4, -0.2) is 12.1 Å². The topological polar surface area (TPSA) is 41.1 Å². The molecule has 3 nitrogen and oxygen atoms in total. The molecule has 1 aromatic rings. The van der Waals surface area contributed by atoms with Crippen LogP contribution in [-0.2, 0) is 0 Å². The minimum atomic E-state index is -0.269. The van der Waals surface area contributed by atoms with Crippen LogP contribution >= 0.6 is 34.8 Å². The van der Waals surface area contributed by atoms with E-state index in [0.29, 0.717) is 20.8 Å². The Morgan fingerprint density at radius 2 is 1.76 bits per heavy atom. The quantitative estimate of drug-likeness (QED) is 0.783. The van der Waals surface area contributed by atoms with Crippen LogP contribution in [0.1, 0.15) is 19.3 Å². The summed E-state index contributed by atoms with van der Waals surface area (Å²) in [7, 11) is 0. The molecule has 1 saturated carbocycles. The predicted molar refractivity (Wildman–Crippen MR) is 71.3 cm³/mol. The second kappa shape index (κ2) is 5.34. The molecule has 2 N–H and O–H groups in total. The molecule has 0 spiro atoms. The number of carbonyl (C=O) groups is 1. The van der Waals surface area contributed by atoms with Crippen LogP contribution in [0.5, 0.6) is 0 Å². The molecular formula is C11H11Cl3N2O. The first-order chi connectivity index (χ1) is 8.06. The third-order valence-corrected chi connectivity index (χ3v) is 3.73. The van der Waals surface area contributed by atoms with Gasteiger partial charge in [-0.15, -0.1) is 0 Å². The van der Waals surface area contributed by atoms with E-state index >= 15 is 0 Å². The molecule has 17 heavy (non-hydrogen) atoms. The minimum absolute atomic E-state index is 0.269. The van der Waals surface area contributed by atoms with Gasteiger partial charge in [0, 0.05) is 6.04 Å². The van der Waals surface area contributed by atoms with Gasteiger partial charge in [-0.25, -0.2) is 4.79 Å². The van der Waals surface area contributed by atoms with Gasteiger partial charge in [0.05, 0.1) is 20.8 Å². The summed E-state index contributed by atoms with van der Waals surface area (Å²) in [4.78, 5) is 11.6. The summed E-state index contributed by atoms with van der Waals surface area (Å²) in [5.74, 6) is 0. The lowest BCUT2D eigenvalue weighted by molar-refractivity contribution is 0.240. The normalized spacial score (nSPS) is 15.2. The fourth-order valence-corrected chi connectivity index (χ4v) is 2.11. The molecule has 2 rings (SSSR count). The average molecular weight is 294 g/mol. The van der Waals surface area contributed by atoms with Crippen LogP contribution < -0.4 is 10.6 Å². The molecule has 6 heteroatoms. The van der Waals surface area contributed by atoms with Crippen molar-refractivity contribution in [2.45, 2.75) is 25.3 Å². The SMILES string of the molecule is O=C(Nc1cc(Cl)c(Cl)cc1Cl)NC1CCC1. The monoisotopic (exact) mass is 292 g/mol. The van der Waals surface area contributed by atoms with Crippen LogP contribution in [0.3, 0.4) is 0 Å². The van der Waals surface area contributed by atoms with Gasteiger partial charge < -0.3 is 10.6 Å². The third-order valence-electron chi connectivity index (χ3n) is 2.70. The molecule has 0 heterocycles. The van der Waals surface area contributed by atoms with Crippen molar-refractivity contribution in [3.8, 4) is 0 Å². The van der Waals surface area contributed by atoms with Crippen LogP contribution in [0, 0.1) is 0 Å². The van der Waals surface area contributed by atoms with E-state index in [1.165, 1.54) is 18.6 Å². The van der Waals surface area contributed by atoms with Gasteiger partial charge in [-0.3, -0.25) is 0 Å². The Morgan fingerprint density at radius 1 is 1.12 bits per heavy atom. The lowest BCUT2D eigenvalue weighted by Gasteiger charge is -2.26. The summed E-state index contributed by atoms with van der Waals surface area (Å²) in [6.45, 7) is 0. The van der Waals surface area contributed by atoms with Gasteiger partial charge in [0.25, 0.3) is 0 Å². The van der Waals surface area contributed by atoms with Gasteiger partial charge in [-0.05, 0) is 31.4 Å². The molecule has 1 fully saturated rings. The third kappa shape index (κ3) is 3.18. The van der Waals surface area contributed by atoms with E-state index in [4.69, 9.17) is 34.8 Å². The first-order valence-corrected chi connectivity index (χ1v) is 6.41. The summed E-state index contributed by atoms with van der Waals surface area (Å²) in [6, 6.07) is 3.04. The maximum absolute atomic E-state index is 11.6. The van der Waals surface area contributed by atoms with Crippen molar-refractivity contribution in [1.29, 1.82) is 0 Å². The molecule has 1 aromatic carbocycles. The van der Waals surface area contributed by atoms with Gasteiger partial charge in [0.2, 0.25) is 0 Å². The number of urea groups is 1. The molecule has 2 amide bonds. The Balaban J connectivity index is 2.02. The van der Waals surface area contributed by atoms with Crippen molar-refractivity contribution >= 4 is 46.5 Å². The number of halogens is 3. The summed E-state index contributed by atoms with van der Waals surface area (Å²) in [5, 5.41) is 6.58. The number of anilines is 1. The zero-order valence-corrected chi connectivity index (χ0v) is 11.2. The second-order valence-corrected chi connectivity index (χ2v) is 5.19. The maximum Gasteiger partial charge on any atom is 0.319 e. The van der Waals surface area contributed by atoms with Gasteiger partial charge in [-0.2, -0.15) is 0 Å². The highest BCUT2D eigenvalue weighted by atomic mass is 35.5. The van der Waals surface area contributed by atoms with Crippen molar-refractivity contribution in [3.63, 3.8) is 0 Å².